The molecule has 1 atom stereocenters. The lowest BCUT2D eigenvalue weighted by atomic mass is 9.95. The number of hydrogen-bond acceptors (Lipinski definition) is 4. The van der Waals surface area contributed by atoms with Gasteiger partial charge < -0.3 is 15.5 Å². The molecule has 1 fully saturated rings. The van der Waals surface area contributed by atoms with E-state index in [-0.39, 0.29) is 5.91 Å². The Bertz CT molecular complexity index is 438. The summed E-state index contributed by atoms with van der Waals surface area (Å²) in [5, 5.41) is 0. The molecular formula is C15H24N4O. The van der Waals surface area contributed by atoms with Crippen LogP contribution < -0.4 is 10.6 Å². The van der Waals surface area contributed by atoms with E-state index in [9.17, 15) is 4.79 Å². The summed E-state index contributed by atoms with van der Waals surface area (Å²) < 4.78 is 0. The van der Waals surface area contributed by atoms with E-state index in [0.717, 1.165) is 31.7 Å². The highest BCUT2D eigenvalue weighted by atomic mass is 16.2. The molecule has 1 aromatic rings. The molecule has 1 aliphatic rings. The maximum Gasteiger partial charge on any atom is 0.242 e. The summed E-state index contributed by atoms with van der Waals surface area (Å²) in [5.74, 6) is 1.05. The van der Waals surface area contributed by atoms with Crippen LogP contribution >= 0.6 is 0 Å². The quantitative estimate of drug-likeness (QED) is 0.899. The number of amides is 1. The lowest BCUT2D eigenvalue weighted by Gasteiger charge is -2.38. The minimum atomic E-state index is -0.734. The fourth-order valence-corrected chi connectivity index (χ4v) is 2.67. The Morgan fingerprint density at radius 1 is 1.35 bits per heavy atom. The van der Waals surface area contributed by atoms with Crippen molar-refractivity contribution in [2.45, 2.75) is 32.2 Å². The second-order valence-electron chi connectivity index (χ2n) is 5.63. The lowest BCUT2D eigenvalue weighted by Crippen LogP contribution is -2.58. The number of nitrogens with zero attached hydrogens (tertiary/aromatic N) is 3. The molecule has 0 bridgehead atoms. The van der Waals surface area contributed by atoms with E-state index in [1.54, 1.807) is 6.20 Å². The summed E-state index contributed by atoms with van der Waals surface area (Å²) in [6.07, 6.45) is 3.45. The van der Waals surface area contributed by atoms with Gasteiger partial charge in [-0.05, 0) is 25.5 Å². The van der Waals surface area contributed by atoms with Crippen molar-refractivity contribution in [1.82, 2.24) is 9.88 Å². The van der Waals surface area contributed by atoms with Crippen molar-refractivity contribution in [2.75, 3.05) is 31.1 Å². The molecule has 1 aromatic heterocycles. The summed E-state index contributed by atoms with van der Waals surface area (Å²) in [6.45, 7) is 6.94. The van der Waals surface area contributed by atoms with Gasteiger partial charge in [0.1, 0.15) is 5.82 Å². The summed E-state index contributed by atoms with van der Waals surface area (Å²) >= 11 is 0. The number of carbonyl (C=O) groups excluding carboxylic acids is 1. The van der Waals surface area contributed by atoms with Crippen molar-refractivity contribution in [3.63, 3.8) is 0 Å². The molecule has 1 saturated heterocycles. The van der Waals surface area contributed by atoms with Gasteiger partial charge in [0.2, 0.25) is 5.91 Å². The van der Waals surface area contributed by atoms with E-state index in [1.807, 2.05) is 30.0 Å². The first-order valence-electron chi connectivity index (χ1n) is 7.29. The Kier molecular flexibility index (Phi) is 4.60. The third-order valence-corrected chi connectivity index (χ3v) is 3.80. The van der Waals surface area contributed by atoms with Crippen LogP contribution in [0.15, 0.2) is 24.4 Å². The van der Waals surface area contributed by atoms with Gasteiger partial charge in [0, 0.05) is 32.4 Å². The summed E-state index contributed by atoms with van der Waals surface area (Å²) in [5.41, 5.74) is 5.40. The summed E-state index contributed by atoms with van der Waals surface area (Å²) in [4.78, 5) is 20.9. The fourth-order valence-electron chi connectivity index (χ4n) is 2.67. The standard InChI is InChI=1S/C15H24N4O/c1-3-7-15(2,16)14(20)19-11-9-18(10-12-19)13-6-4-5-8-17-13/h4-6,8H,3,7,9-12,16H2,1-2H3. The first-order chi connectivity index (χ1) is 9.54. The van der Waals surface area contributed by atoms with Crippen LogP contribution in [0.2, 0.25) is 0 Å². The SMILES string of the molecule is CCCC(C)(N)C(=O)N1CCN(c2ccccn2)CC1. The minimum absolute atomic E-state index is 0.0695. The average Bonchev–Trinajstić information content (AvgIpc) is 2.47. The summed E-state index contributed by atoms with van der Waals surface area (Å²) in [6, 6.07) is 5.90. The van der Waals surface area contributed by atoms with Crippen molar-refractivity contribution in [1.29, 1.82) is 0 Å². The van der Waals surface area contributed by atoms with Crippen LogP contribution in [0.4, 0.5) is 5.82 Å². The van der Waals surface area contributed by atoms with Gasteiger partial charge in [-0.25, -0.2) is 4.98 Å². The topological polar surface area (TPSA) is 62.5 Å². The van der Waals surface area contributed by atoms with Crippen LogP contribution in [-0.2, 0) is 4.79 Å². The second-order valence-corrected chi connectivity index (χ2v) is 5.63. The number of rotatable bonds is 4. The normalized spacial score (nSPS) is 18.8. The zero-order valence-corrected chi connectivity index (χ0v) is 12.4. The van der Waals surface area contributed by atoms with Crippen molar-refractivity contribution >= 4 is 11.7 Å². The Morgan fingerprint density at radius 2 is 2.05 bits per heavy atom. The van der Waals surface area contributed by atoms with E-state index in [0.29, 0.717) is 13.1 Å². The number of pyridine rings is 1. The molecule has 0 aromatic carbocycles. The van der Waals surface area contributed by atoms with Gasteiger partial charge in [0.15, 0.2) is 0 Å². The average molecular weight is 276 g/mol. The van der Waals surface area contributed by atoms with E-state index < -0.39 is 5.54 Å². The van der Waals surface area contributed by atoms with Crippen LogP contribution in [0.5, 0.6) is 0 Å². The molecule has 2 heterocycles. The zero-order chi connectivity index (χ0) is 14.6. The largest absolute Gasteiger partial charge is 0.353 e. The van der Waals surface area contributed by atoms with Crippen LogP contribution in [0.25, 0.3) is 0 Å². The molecule has 5 nitrogen and oxygen atoms in total. The second kappa shape index (κ2) is 6.22. The van der Waals surface area contributed by atoms with Crippen molar-refractivity contribution in [3.05, 3.63) is 24.4 Å². The predicted octanol–water partition coefficient (Wildman–Crippen LogP) is 1.25. The van der Waals surface area contributed by atoms with Crippen molar-refractivity contribution in [3.8, 4) is 0 Å². The molecular weight excluding hydrogens is 252 g/mol. The maximum atomic E-state index is 12.4. The fraction of sp³-hybridized carbons (Fsp3) is 0.600. The smallest absolute Gasteiger partial charge is 0.242 e. The van der Waals surface area contributed by atoms with Crippen LogP contribution in [-0.4, -0.2) is 47.5 Å². The van der Waals surface area contributed by atoms with Crippen molar-refractivity contribution < 1.29 is 4.79 Å². The van der Waals surface area contributed by atoms with Crippen LogP contribution in [0.1, 0.15) is 26.7 Å². The number of nitrogens with two attached hydrogens (primary N) is 1. The Labute approximate surface area is 120 Å². The molecule has 2 N–H and O–H groups in total. The highest BCUT2D eigenvalue weighted by molar-refractivity contribution is 5.85. The Hall–Kier alpha value is -1.62. The van der Waals surface area contributed by atoms with E-state index in [4.69, 9.17) is 5.73 Å². The molecule has 20 heavy (non-hydrogen) atoms. The van der Waals surface area contributed by atoms with Gasteiger partial charge >= 0.3 is 0 Å². The molecule has 1 amide bonds. The first-order valence-corrected chi connectivity index (χ1v) is 7.29. The molecule has 0 saturated carbocycles. The van der Waals surface area contributed by atoms with Gasteiger partial charge in [-0.15, -0.1) is 0 Å². The molecule has 0 spiro atoms. The third kappa shape index (κ3) is 3.28. The highest BCUT2D eigenvalue weighted by Crippen LogP contribution is 2.17. The van der Waals surface area contributed by atoms with Gasteiger partial charge in [-0.3, -0.25) is 4.79 Å². The Balaban J connectivity index is 1.93. The predicted molar refractivity (Wildman–Crippen MR) is 80.5 cm³/mol. The van der Waals surface area contributed by atoms with E-state index in [2.05, 4.69) is 16.8 Å². The molecule has 110 valence electrons. The van der Waals surface area contributed by atoms with E-state index in [1.165, 1.54) is 0 Å². The zero-order valence-electron chi connectivity index (χ0n) is 12.4. The molecule has 2 rings (SSSR count). The monoisotopic (exact) mass is 276 g/mol. The van der Waals surface area contributed by atoms with Crippen molar-refractivity contribution in [2.24, 2.45) is 5.73 Å². The van der Waals surface area contributed by atoms with Gasteiger partial charge in [-0.2, -0.15) is 0 Å². The first kappa shape index (κ1) is 14.8. The number of anilines is 1. The number of piperazine rings is 1. The molecule has 0 radical (unpaired) electrons. The highest BCUT2D eigenvalue weighted by Gasteiger charge is 2.33. The maximum absolute atomic E-state index is 12.4. The Morgan fingerprint density at radius 3 is 2.60 bits per heavy atom. The molecule has 1 unspecified atom stereocenters. The third-order valence-electron chi connectivity index (χ3n) is 3.80. The lowest BCUT2D eigenvalue weighted by molar-refractivity contribution is -0.137. The molecule has 5 heteroatoms. The number of aromatic nitrogens is 1. The summed E-state index contributed by atoms with van der Waals surface area (Å²) in [7, 11) is 0. The van der Waals surface area contributed by atoms with Gasteiger partial charge in [0.05, 0.1) is 5.54 Å². The van der Waals surface area contributed by atoms with Crippen LogP contribution in [0.3, 0.4) is 0 Å². The van der Waals surface area contributed by atoms with Gasteiger partial charge in [-0.1, -0.05) is 19.4 Å². The minimum Gasteiger partial charge on any atom is -0.353 e. The molecule has 0 aliphatic carbocycles. The van der Waals surface area contributed by atoms with Gasteiger partial charge in [0.25, 0.3) is 0 Å². The molecule has 1 aliphatic heterocycles. The number of hydrogen-bond donors (Lipinski definition) is 1. The number of carbonyl (C=O) groups is 1. The van der Waals surface area contributed by atoms with Crippen LogP contribution in [0, 0.1) is 0 Å². The van der Waals surface area contributed by atoms with E-state index >= 15 is 0 Å².